The molecule has 0 unspecified atom stereocenters. The summed E-state index contributed by atoms with van der Waals surface area (Å²) in [5.41, 5.74) is 0.391. The average Bonchev–Trinajstić information content (AvgIpc) is 3.15. The lowest BCUT2D eigenvalue weighted by Gasteiger charge is -2.39. The first-order chi connectivity index (χ1) is 10.9. The van der Waals surface area contributed by atoms with Gasteiger partial charge in [-0.05, 0) is 36.8 Å². The number of hydrogen-bond donors (Lipinski definition) is 2. The molecule has 23 heavy (non-hydrogen) atoms. The maximum Gasteiger partial charge on any atom is 0.326 e. The Bertz CT molecular complexity index is 593. The molecule has 2 aliphatic heterocycles. The number of nitrogens with zero attached hydrogens (tertiary/aromatic N) is 2. The number of aromatic nitrogens is 1. The first kappa shape index (κ1) is 15.6. The lowest BCUT2D eigenvalue weighted by molar-refractivity contribution is -0.147. The largest absolute Gasteiger partial charge is 0.480 e. The number of aliphatic carboxylic acids is 1. The molecular formula is C16H21N3O4. The maximum atomic E-state index is 12.3. The number of carbonyl (C=O) groups excluding carboxylic acids is 2. The number of nitrogens with one attached hydrogen (secondary N) is 1. The summed E-state index contributed by atoms with van der Waals surface area (Å²) in [7, 11) is 0. The monoisotopic (exact) mass is 319 g/mol. The highest BCUT2D eigenvalue weighted by Gasteiger charge is 2.49. The van der Waals surface area contributed by atoms with Gasteiger partial charge in [-0.2, -0.15) is 0 Å². The molecule has 2 amide bonds. The van der Waals surface area contributed by atoms with Crippen molar-refractivity contribution in [2.24, 2.45) is 5.41 Å². The number of piperidine rings is 1. The Morgan fingerprint density at radius 2 is 2.00 bits per heavy atom. The van der Waals surface area contributed by atoms with Gasteiger partial charge >= 0.3 is 5.97 Å². The summed E-state index contributed by atoms with van der Waals surface area (Å²) in [5.74, 6) is -1.16. The summed E-state index contributed by atoms with van der Waals surface area (Å²) >= 11 is 0. The number of aromatic amines is 1. The van der Waals surface area contributed by atoms with Crippen molar-refractivity contribution in [3.05, 3.63) is 24.0 Å². The molecule has 2 fully saturated rings. The normalized spacial score (nSPS) is 23.3. The highest BCUT2D eigenvalue weighted by molar-refractivity contribution is 5.92. The third-order valence-corrected chi connectivity index (χ3v) is 5.14. The summed E-state index contributed by atoms with van der Waals surface area (Å²) in [6, 6.07) is 2.80. The second-order valence-electron chi connectivity index (χ2n) is 6.58. The van der Waals surface area contributed by atoms with Gasteiger partial charge in [0.15, 0.2) is 0 Å². The van der Waals surface area contributed by atoms with E-state index in [9.17, 15) is 19.5 Å². The number of carbonyl (C=O) groups is 3. The van der Waals surface area contributed by atoms with Crippen molar-refractivity contribution in [1.29, 1.82) is 0 Å². The third kappa shape index (κ3) is 2.83. The molecular weight excluding hydrogens is 298 g/mol. The summed E-state index contributed by atoms with van der Waals surface area (Å²) in [6.07, 6.45) is 3.66. The van der Waals surface area contributed by atoms with Crippen molar-refractivity contribution < 1.29 is 19.5 Å². The van der Waals surface area contributed by atoms with Crippen LogP contribution in [0.1, 0.15) is 36.7 Å². The van der Waals surface area contributed by atoms with E-state index < -0.39 is 12.0 Å². The van der Waals surface area contributed by atoms with Crippen LogP contribution in [0.2, 0.25) is 0 Å². The number of amides is 2. The van der Waals surface area contributed by atoms with E-state index in [1.54, 1.807) is 23.2 Å². The molecule has 2 aliphatic rings. The van der Waals surface area contributed by atoms with Gasteiger partial charge in [-0.1, -0.05) is 0 Å². The molecule has 1 spiro atoms. The number of carboxylic acids is 1. The highest BCUT2D eigenvalue weighted by atomic mass is 16.4. The Morgan fingerprint density at radius 1 is 1.30 bits per heavy atom. The molecule has 0 aromatic carbocycles. The summed E-state index contributed by atoms with van der Waals surface area (Å²) in [4.78, 5) is 41.6. The van der Waals surface area contributed by atoms with Crippen LogP contribution in [0.15, 0.2) is 18.3 Å². The fourth-order valence-electron chi connectivity index (χ4n) is 3.79. The minimum Gasteiger partial charge on any atom is -0.480 e. The van der Waals surface area contributed by atoms with Crippen LogP contribution < -0.4 is 0 Å². The van der Waals surface area contributed by atoms with E-state index >= 15 is 0 Å². The average molecular weight is 319 g/mol. The van der Waals surface area contributed by atoms with E-state index in [-0.39, 0.29) is 17.2 Å². The van der Waals surface area contributed by atoms with E-state index in [4.69, 9.17) is 0 Å². The molecule has 124 valence electrons. The van der Waals surface area contributed by atoms with Gasteiger partial charge in [0.25, 0.3) is 5.91 Å². The summed E-state index contributed by atoms with van der Waals surface area (Å²) < 4.78 is 0. The van der Waals surface area contributed by atoms with Gasteiger partial charge in [0, 0.05) is 32.8 Å². The van der Waals surface area contributed by atoms with E-state index in [0.29, 0.717) is 31.7 Å². The van der Waals surface area contributed by atoms with Crippen LogP contribution in [-0.2, 0) is 9.59 Å². The minimum atomic E-state index is -0.943. The van der Waals surface area contributed by atoms with E-state index in [0.717, 1.165) is 12.8 Å². The first-order valence-corrected chi connectivity index (χ1v) is 7.85. The van der Waals surface area contributed by atoms with Crippen LogP contribution in [0.4, 0.5) is 0 Å². The molecule has 3 rings (SSSR count). The Labute approximate surface area is 134 Å². The smallest absolute Gasteiger partial charge is 0.326 e. The lowest BCUT2D eigenvalue weighted by Crippen LogP contribution is -2.44. The van der Waals surface area contributed by atoms with Gasteiger partial charge in [0.2, 0.25) is 5.91 Å². The molecule has 1 atom stereocenters. The molecule has 3 heterocycles. The molecule has 7 heteroatoms. The fraction of sp³-hybridized carbons (Fsp3) is 0.562. The van der Waals surface area contributed by atoms with E-state index in [1.165, 1.54) is 11.8 Å². The van der Waals surface area contributed by atoms with Crippen molar-refractivity contribution in [3.63, 3.8) is 0 Å². The third-order valence-electron chi connectivity index (χ3n) is 5.14. The molecule has 2 N–H and O–H groups in total. The molecule has 1 aromatic rings. The van der Waals surface area contributed by atoms with Crippen molar-refractivity contribution >= 4 is 17.8 Å². The quantitative estimate of drug-likeness (QED) is 0.848. The molecule has 0 aliphatic carbocycles. The van der Waals surface area contributed by atoms with Crippen LogP contribution >= 0.6 is 0 Å². The SMILES string of the molecule is CC(=O)N1CC2(CCN(C(=O)c3ccc[nH]3)CC2)C[C@@H]1C(=O)O. The number of rotatable bonds is 2. The van der Waals surface area contributed by atoms with Crippen LogP contribution in [0.25, 0.3) is 0 Å². The lowest BCUT2D eigenvalue weighted by atomic mass is 9.76. The highest BCUT2D eigenvalue weighted by Crippen LogP contribution is 2.43. The molecule has 0 saturated carbocycles. The van der Waals surface area contributed by atoms with E-state index in [2.05, 4.69) is 4.98 Å². The fourth-order valence-corrected chi connectivity index (χ4v) is 3.79. The van der Waals surface area contributed by atoms with Gasteiger partial charge < -0.3 is 19.9 Å². The number of carboxylic acid groups (broad SMARTS) is 1. The van der Waals surface area contributed by atoms with Gasteiger partial charge in [0.05, 0.1) is 0 Å². The zero-order chi connectivity index (χ0) is 16.6. The van der Waals surface area contributed by atoms with Gasteiger partial charge in [-0.25, -0.2) is 4.79 Å². The Morgan fingerprint density at radius 3 is 2.48 bits per heavy atom. The number of hydrogen-bond acceptors (Lipinski definition) is 3. The number of likely N-dealkylation sites (tertiary alicyclic amines) is 2. The summed E-state index contributed by atoms with van der Waals surface area (Å²) in [6.45, 7) is 3.08. The molecule has 1 aromatic heterocycles. The number of H-pyrrole nitrogens is 1. The van der Waals surface area contributed by atoms with Crippen LogP contribution in [0.3, 0.4) is 0 Å². The minimum absolute atomic E-state index is 0.0268. The molecule has 0 bridgehead atoms. The van der Waals surface area contributed by atoms with Crippen molar-refractivity contribution in [2.45, 2.75) is 32.2 Å². The summed E-state index contributed by atoms with van der Waals surface area (Å²) in [5, 5.41) is 9.35. The molecule has 7 nitrogen and oxygen atoms in total. The second kappa shape index (κ2) is 5.72. The molecule has 2 saturated heterocycles. The van der Waals surface area contributed by atoms with Gasteiger partial charge in [-0.15, -0.1) is 0 Å². The van der Waals surface area contributed by atoms with Crippen molar-refractivity contribution in [3.8, 4) is 0 Å². The first-order valence-electron chi connectivity index (χ1n) is 7.85. The van der Waals surface area contributed by atoms with Crippen LogP contribution in [0.5, 0.6) is 0 Å². The second-order valence-corrected chi connectivity index (χ2v) is 6.58. The van der Waals surface area contributed by atoms with E-state index in [1.807, 2.05) is 0 Å². The zero-order valence-electron chi connectivity index (χ0n) is 13.1. The maximum absolute atomic E-state index is 12.3. The van der Waals surface area contributed by atoms with Crippen LogP contribution in [0, 0.1) is 5.41 Å². The Hall–Kier alpha value is -2.31. The topological polar surface area (TPSA) is 93.7 Å². The Kier molecular flexibility index (Phi) is 3.87. The predicted molar refractivity (Wildman–Crippen MR) is 81.8 cm³/mol. The van der Waals surface area contributed by atoms with Gasteiger partial charge in [-0.3, -0.25) is 9.59 Å². The Balaban J connectivity index is 1.67. The standard InChI is InChI=1S/C16H21N3O4/c1-11(20)19-10-16(9-13(19)15(22)23)4-7-18(8-5-16)14(21)12-3-2-6-17-12/h2-3,6,13,17H,4-5,7-10H2,1H3,(H,22,23)/t13-/m1/s1. The predicted octanol–water partition coefficient (Wildman–Crippen LogP) is 0.942. The van der Waals surface area contributed by atoms with Crippen molar-refractivity contribution in [1.82, 2.24) is 14.8 Å². The van der Waals surface area contributed by atoms with Crippen LogP contribution in [-0.4, -0.2) is 63.4 Å². The van der Waals surface area contributed by atoms with Gasteiger partial charge in [0.1, 0.15) is 11.7 Å². The van der Waals surface area contributed by atoms with Crippen molar-refractivity contribution in [2.75, 3.05) is 19.6 Å². The zero-order valence-corrected chi connectivity index (χ0v) is 13.1. The molecule has 0 radical (unpaired) electrons.